The smallest absolute Gasteiger partial charge is 0.331 e. The maximum Gasteiger partial charge on any atom is 0.331 e. The molecule has 0 heterocycles. The Labute approximate surface area is 317 Å². The fourth-order valence-electron chi connectivity index (χ4n) is 3.96. The number of carbonyl (C=O) groups excluding carboxylic acids is 2. The molecule has 0 aliphatic carbocycles. The highest BCUT2D eigenvalue weighted by Crippen LogP contribution is 2.36. The molecule has 0 aliphatic heterocycles. The van der Waals surface area contributed by atoms with Crippen LogP contribution in [0.25, 0.3) is 0 Å². The number of esters is 2. The Morgan fingerprint density at radius 2 is 1.02 bits per heavy atom. The molecule has 6 nitrogen and oxygen atoms in total. The van der Waals surface area contributed by atoms with Gasteiger partial charge in [0.15, 0.2) is 9.87 Å². The Bertz CT molecular complexity index is 968. The second-order valence-corrected chi connectivity index (χ2v) is 20.1. The highest BCUT2D eigenvalue weighted by atomic mass is 32.2. The van der Waals surface area contributed by atoms with Crippen molar-refractivity contribution in [1.82, 2.24) is 0 Å². The molecule has 0 radical (unpaired) electrons. The molecule has 48 heavy (non-hydrogen) atoms. The average molecular weight is 779 g/mol. The molecule has 0 saturated carbocycles. The van der Waals surface area contributed by atoms with Crippen LogP contribution in [0.5, 0.6) is 11.5 Å². The molecule has 1 aromatic rings. The van der Waals surface area contributed by atoms with Gasteiger partial charge in [0.05, 0.1) is 9.16 Å². The summed E-state index contributed by atoms with van der Waals surface area (Å²) in [6.07, 6.45) is 9.01. The van der Waals surface area contributed by atoms with Crippen molar-refractivity contribution < 1.29 is 28.5 Å². The molecule has 1 aromatic carbocycles. The maximum atomic E-state index is 12.3. The van der Waals surface area contributed by atoms with Crippen molar-refractivity contribution in [3.05, 3.63) is 49.6 Å². The minimum atomic E-state index is -0.895. The van der Waals surface area contributed by atoms with Crippen molar-refractivity contribution in [2.24, 2.45) is 0 Å². The van der Waals surface area contributed by atoms with Crippen LogP contribution in [0.1, 0.15) is 80.1 Å². The van der Waals surface area contributed by atoms with E-state index in [1.54, 1.807) is 29.6 Å². The van der Waals surface area contributed by atoms with E-state index < -0.39 is 21.8 Å². The molecule has 0 saturated heterocycles. The quantitative estimate of drug-likeness (QED) is 0.0424. The number of benzene rings is 1. The van der Waals surface area contributed by atoms with Crippen LogP contribution < -0.4 is 9.47 Å². The molecule has 0 fully saturated rings. The summed E-state index contributed by atoms with van der Waals surface area (Å²) >= 11 is 11.2. The minimum Gasteiger partial charge on any atom is -0.488 e. The first kappa shape index (κ1) is 45.4. The summed E-state index contributed by atoms with van der Waals surface area (Å²) in [6, 6.07) is 7.35. The van der Waals surface area contributed by atoms with Crippen LogP contribution in [0.3, 0.4) is 0 Å². The molecule has 2 unspecified atom stereocenters. The van der Waals surface area contributed by atoms with Gasteiger partial charge in [0, 0.05) is 18.2 Å². The molecule has 0 amide bonds. The third-order valence-corrected chi connectivity index (χ3v) is 15.5. The van der Waals surface area contributed by atoms with Crippen LogP contribution in [-0.2, 0) is 19.1 Å². The molecular formula is C36H58O6S6. The lowest BCUT2D eigenvalue weighted by molar-refractivity contribution is -0.146. The number of thioether (sulfide) groups is 6. The van der Waals surface area contributed by atoms with Crippen molar-refractivity contribution in [3.8, 4) is 11.5 Å². The normalized spacial score (nSPS) is 13.8. The van der Waals surface area contributed by atoms with E-state index in [0.29, 0.717) is 20.7 Å². The lowest BCUT2D eigenvalue weighted by atomic mass is 10.3. The van der Waals surface area contributed by atoms with E-state index in [1.165, 1.54) is 12.2 Å². The summed E-state index contributed by atoms with van der Waals surface area (Å²) in [5.41, 5.74) is 0. The van der Waals surface area contributed by atoms with E-state index in [9.17, 15) is 9.59 Å². The number of rotatable bonds is 30. The standard InChI is InChI=1S/C36H58O6S6/c1-9-20-43-33(44-21-10-2)18-24-47-35(7,41-31(37)13-5)27-39-29-16-15-17-30(26-29)40-28-36(8,42-32(38)14-6)48-25-19-34(45-22-11-3)46-23-12-4/h13-17,26,33-34H,5-6,9-12,18-25,27-28H2,1-4,7-8H3. The van der Waals surface area contributed by atoms with Crippen LogP contribution >= 0.6 is 70.6 Å². The van der Waals surface area contributed by atoms with Gasteiger partial charge in [-0.25, -0.2) is 9.59 Å². The topological polar surface area (TPSA) is 71.1 Å². The summed E-state index contributed by atoms with van der Waals surface area (Å²) in [6.45, 7) is 20.1. The zero-order valence-electron chi connectivity index (χ0n) is 29.8. The molecule has 0 N–H and O–H groups in total. The second-order valence-electron chi connectivity index (χ2n) is 11.2. The van der Waals surface area contributed by atoms with Gasteiger partial charge >= 0.3 is 11.9 Å². The van der Waals surface area contributed by atoms with Gasteiger partial charge in [-0.05, 0) is 99.0 Å². The summed E-state index contributed by atoms with van der Waals surface area (Å²) in [7, 11) is 0. The minimum absolute atomic E-state index is 0.160. The molecule has 0 aliphatic rings. The van der Waals surface area contributed by atoms with Crippen molar-refractivity contribution in [3.63, 3.8) is 0 Å². The third-order valence-electron chi connectivity index (χ3n) is 6.33. The fraction of sp³-hybridized carbons (Fsp3) is 0.667. The Hall–Kier alpha value is -0.660. The van der Waals surface area contributed by atoms with E-state index in [2.05, 4.69) is 40.9 Å². The van der Waals surface area contributed by atoms with Gasteiger partial charge in [0.25, 0.3) is 0 Å². The zero-order valence-corrected chi connectivity index (χ0v) is 34.7. The third kappa shape index (κ3) is 20.9. The monoisotopic (exact) mass is 778 g/mol. The van der Waals surface area contributed by atoms with E-state index >= 15 is 0 Å². The van der Waals surface area contributed by atoms with Gasteiger partial charge in [-0.3, -0.25) is 0 Å². The van der Waals surface area contributed by atoms with E-state index in [0.717, 1.165) is 73.0 Å². The molecule has 274 valence electrons. The highest BCUT2D eigenvalue weighted by molar-refractivity contribution is 8.17. The first-order valence-electron chi connectivity index (χ1n) is 16.9. The second kappa shape index (κ2) is 27.1. The molecule has 0 aromatic heterocycles. The first-order chi connectivity index (χ1) is 23.1. The van der Waals surface area contributed by atoms with Crippen LogP contribution in [-0.4, -0.2) is 78.7 Å². The average Bonchev–Trinajstić information content (AvgIpc) is 3.08. The van der Waals surface area contributed by atoms with E-state index in [1.807, 2.05) is 79.1 Å². The predicted molar refractivity (Wildman–Crippen MR) is 220 cm³/mol. The lowest BCUT2D eigenvalue weighted by Crippen LogP contribution is -2.35. The summed E-state index contributed by atoms with van der Waals surface area (Å²) < 4.78 is 25.0. The van der Waals surface area contributed by atoms with Crippen molar-refractivity contribution in [2.75, 3.05) is 47.7 Å². The van der Waals surface area contributed by atoms with Crippen LogP contribution in [0, 0.1) is 0 Å². The van der Waals surface area contributed by atoms with Gasteiger partial charge in [0.2, 0.25) is 0 Å². The van der Waals surface area contributed by atoms with Gasteiger partial charge in [0.1, 0.15) is 24.7 Å². The van der Waals surface area contributed by atoms with Crippen molar-refractivity contribution in [1.29, 1.82) is 0 Å². The fourth-order valence-corrected chi connectivity index (χ4v) is 11.8. The zero-order chi connectivity index (χ0) is 35.7. The Balaban J connectivity index is 2.90. The van der Waals surface area contributed by atoms with E-state index in [4.69, 9.17) is 18.9 Å². The largest absolute Gasteiger partial charge is 0.488 e. The lowest BCUT2D eigenvalue weighted by Gasteiger charge is -2.30. The van der Waals surface area contributed by atoms with Crippen molar-refractivity contribution in [2.45, 2.75) is 99.1 Å². The summed E-state index contributed by atoms with van der Waals surface area (Å²) in [5, 5.41) is 0. The Kier molecular flexibility index (Phi) is 25.6. The van der Waals surface area contributed by atoms with Gasteiger partial charge in [-0.2, -0.15) is 0 Å². The highest BCUT2D eigenvalue weighted by Gasteiger charge is 2.32. The van der Waals surface area contributed by atoms with Gasteiger partial charge in [-0.15, -0.1) is 70.6 Å². The van der Waals surface area contributed by atoms with Crippen molar-refractivity contribution >= 4 is 82.5 Å². The summed E-state index contributed by atoms with van der Waals surface area (Å²) in [5.74, 6) is 6.45. The molecule has 1 rings (SSSR count). The maximum absolute atomic E-state index is 12.3. The summed E-state index contributed by atoms with van der Waals surface area (Å²) in [4.78, 5) is 22.8. The van der Waals surface area contributed by atoms with Crippen LogP contribution in [0.2, 0.25) is 0 Å². The van der Waals surface area contributed by atoms with E-state index in [-0.39, 0.29) is 13.2 Å². The Morgan fingerprint density at radius 3 is 1.33 bits per heavy atom. The number of hydrogen-bond acceptors (Lipinski definition) is 12. The molecule has 0 spiro atoms. The number of ether oxygens (including phenoxy) is 4. The van der Waals surface area contributed by atoms with Gasteiger partial charge in [-0.1, -0.05) is 46.9 Å². The van der Waals surface area contributed by atoms with Gasteiger partial charge < -0.3 is 18.9 Å². The first-order valence-corrected chi connectivity index (χ1v) is 23.0. The molecule has 2 atom stereocenters. The Morgan fingerprint density at radius 1 is 0.667 bits per heavy atom. The SMILES string of the molecule is C=CC(=O)OC(C)(COc1cccc(OCC(C)(OC(=O)C=C)SCCC(SCCC)SCCC)c1)SCCC(SCCC)SCCC. The van der Waals surface area contributed by atoms with Crippen LogP contribution in [0.15, 0.2) is 49.6 Å². The van der Waals surface area contributed by atoms with Crippen LogP contribution in [0.4, 0.5) is 0 Å². The molecule has 0 bridgehead atoms. The number of hydrogen-bond donors (Lipinski definition) is 0. The molecule has 12 heteroatoms. The predicted octanol–water partition coefficient (Wildman–Crippen LogP) is 10.8. The number of carbonyl (C=O) groups is 2. The molecular weight excluding hydrogens is 721 g/mol.